The van der Waals surface area contributed by atoms with Crippen molar-refractivity contribution < 1.29 is 13.9 Å². The van der Waals surface area contributed by atoms with Crippen LogP contribution in [0.1, 0.15) is 26.3 Å². The predicted molar refractivity (Wildman–Crippen MR) is 82.7 cm³/mol. The lowest BCUT2D eigenvalue weighted by Crippen LogP contribution is -2.32. The van der Waals surface area contributed by atoms with Gasteiger partial charge in [0.25, 0.3) is 0 Å². The molecule has 0 fully saturated rings. The molecule has 4 nitrogen and oxygen atoms in total. The van der Waals surface area contributed by atoms with Gasteiger partial charge in [-0.15, -0.1) is 0 Å². The van der Waals surface area contributed by atoms with E-state index in [1.807, 2.05) is 0 Å². The lowest BCUT2D eigenvalue weighted by atomic mass is 10.0. The Kier molecular flexibility index (Phi) is 4.75. The first-order chi connectivity index (χ1) is 10.3. The molecular formula is C17H19FN2O2. The highest BCUT2D eigenvalue weighted by Crippen LogP contribution is 2.24. The molecule has 0 bridgehead atoms. The molecule has 2 rings (SSSR count). The van der Waals surface area contributed by atoms with Crippen molar-refractivity contribution in [3.05, 3.63) is 54.1 Å². The number of pyridine rings is 1. The first kappa shape index (κ1) is 15.9. The van der Waals surface area contributed by atoms with Gasteiger partial charge in [-0.1, -0.05) is 6.07 Å². The van der Waals surface area contributed by atoms with Crippen LogP contribution in [0.5, 0.6) is 0 Å². The van der Waals surface area contributed by atoms with Gasteiger partial charge in [-0.25, -0.2) is 9.18 Å². The van der Waals surface area contributed by atoms with Gasteiger partial charge in [0.2, 0.25) is 0 Å². The van der Waals surface area contributed by atoms with Gasteiger partial charge in [0.1, 0.15) is 11.4 Å². The molecule has 0 unspecified atom stereocenters. The Bertz CT molecular complexity index is 651. The van der Waals surface area contributed by atoms with Crippen LogP contribution in [0.2, 0.25) is 0 Å². The number of benzene rings is 1. The minimum Gasteiger partial charge on any atom is -0.444 e. The number of hydrogen-bond acceptors (Lipinski definition) is 3. The molecule has 0 saturated heterocycles. The van der Waals surface area contributed by atoms with Gasteiger partial charge in [0, 0.05) is 18.9 Å². The van der Waals surface area contributed by atoms with Gasteiger partial charge in [0.15, 0.2) is 0 Å². The summed E-state index contributed by atoms with van der Waals surface area (Å²) in [6, 6.07) is 8.07. The summed E-state index contributed by atoms with van der Waals surface area (Å²) in [5, 5.41) is 2.69. The van der Waals surface area contributed by atoms with Crippen molar-refractivity contribution in [3.8, 4) is 11.1 Å². The zero-order valence-corrected chi connectivity index (χ0v) is 12.9. The maximum absolute atomic E-state index is 13.5. The van der Waals surface area contributed by atoms with E-state index in [1.54, 1.807) is 51.4 Å². The van der Waals surface area contributed by atoms with Crippen molar-refractivity contribution in [1.29, 1.82) is 0 Å². The summed E-state index contributed by atoms with van der Waals surface area (Å²) in [6.45, 7) is 5.65. The molecule has 116 valence electrons. The average Bonchev–Trinajstić information content (AvgIpc) is 2.45. The number of amides is 1. The molecule has 0 radical (unpaired) electrons. The van der Waals surface area contributed by atoms with Crippen molar-refractivity contribution >= 4 is 6.09 Å². The molecule has 1 aromatic carbocycles. The molecule has 0 aliphatic heterocycles. The zero-order valence-electron chi connectivity index (χ0n) is 12.9. The third-order valence-electron chi connectivity index (χ3n) is 2.89. The van der Waals surface area contributed by atoms with E-state index in [4.69, 9.17) is 4.74 Å². The van der Waals surface area contributed by atoms with Crippen LogP contribution < -0.4 is 5.32 Å². The number of carbonyl (C=O) groups is 1. The molecule has 1 amide bonds. The Morgan fingerprint density at radius 3 is 2.55 bits per heavy atom. The Balaban J connectivity index is 2.16. The summed E-state index contributed by atoms with van der Waals surface area (Å²) in [5.41, 5.74) is 1.81. The summed E-state index contributed by atoms with van der Waals surface area (Å²) in [4.78, 5) is 15.7. The number of rotatable bonds is 3. The number of ether oxygens (including phenoxy) is 1. The van der Waals surface area contributed by atoms with Crippen LogP contribution in [0.25, 0.3) is 11.1 Å². The smallest absolute Gasteiger partial charge is 0.407 e. The van der Waals surface area contributed by atoms with E-state index in [2.05, 4.69) is 10.3 Å². The minimum atomic E-state index is -0.555. The van der Waals surface area contributed by atoms with E-state index in [-0.39, 0.29) is 12.4 Å². The molecule has 2 aromatic rings. The fourth-order valence-electron chi connectivity index (χ4n) is 1.98. The summed E-state index contributed by atoms with van der Waals surface area (Å²) in [5.74, 6) is -0.326. The molecule has 5 heteroatoms. The van der Waals surface area contributed by atoms with Crippen molar-refractivity contribution in [1.82, 2.24) is 10.3 Å². The number of halogens is 1. The zero-order chi connectivity index (χ0) is 16.2. The first-order valence-electron chi connectivity index (χ1n) is 7.01. The fraction of sp³-hybridized carbons (Fsp3) is 0.294. The molecule has 0 aliphatic carbocycles. The third-order valence-corrected chi connectivity index (χ3v) is 2.89. The van der Waals surface area contributed by atoms with E-state index < -0.39 is 11.7 Å². The van der Waals surface area contributed by atoms with E-state index in [1.165, 1.54) is 12.1 Å². The highest BCUT2D eigenvalue weighted by Gasteiger charge is 2.16. The van der Waals surface area contributed by atoms with Crippen LogP contribution in [0.4, 0.5) is 9.18 Å². The number of carbonyl (C=O) groups excluding carboxylic acids is 1. The van der Waals surface area contributed by atoms with Crippen molar-refractivity contribution in [3.63, 3.8) is 0 Å². The van der Waals surface area contributed by atoms with Gasteiger partial charge in [-0.3, -0.25) is 4.98 Å². The molecule has 1 N–H and O–H groups in total. The van der Waals surface area contributed by atoms with Crippen LogP contribution in [-0.4, -0.2) is 16.7 Å². The molecule has 1 aromatic heterocycles. The number of nitrogens with zero attached hydrogens (tertiary/aromatic N) is 1. The summed E-state index contributed by atoms with van der Waals surface area (Å²) < 4.78 is 18.7. The molecule has 0 saturated carbocycles. The average molecular weight is 302 g/mol. The van der Waals surface area contributed by atoms with Gasteiger partial charge in [-0.05, 0) is 61.7 Å². The van der Waals surface area contributed by atoms with Crippen LogP contribution in [-0.2, 0) is 11.3 Å². The second kappa shape index (κ2) is 6.56. The van der Waals surface area contributed by atoms with Gasteiger partial charge < -0.3 is 10.1 Å². The van der Waals surface area contributed by atoms with E-state index >= 15 is 0 Å². The molecule has 22 heavy (non-hydrogen) atoms. The quantitative estimate of drug-likeness (QED) is 0.935. The lowest BCUT2D eigenvalue weighted by Gasteiger charge is -2.20. The lowest BCUT2D eigenvalue weighted by molar-refractivity contribution is 0.0523. The number of hydrogen-bond donors (Lipinski definition) is 1. The monoisotopic (exact) mass is 302 g/mol. The van der Waals surface area contributed by atoms with Crippen LogP contribution in [0.15, 0.2) is 42.7 Å². The second-order valence-electron chi connectivity index (χ2n) is 5.89. The Labute approximate surface area is 129 Å². The third kappa shape index (κ3) is 4.55. The van der Waals surface area contributed by atoms with Crippen molar-refractivity contribution in [2.75, 3.05) is 0 Å². The molecule has 0 atom stereocenters. The molecule has 0 spiro atoms. The van der Waals surface area contributed by atoms with Gasteiger partial charge >= 0.3 is 6.09 Å². The van der Waals surface area contributed by atoms with Gasteiger partial charge in [-0.2, -0.15) is 0 Å². The predicted octanol–water partition coefficient (Wildman–Crippen LogP) is 3.91. The summed E-state index contributed by atoms with van der Waals surface area (Å²) >= 11 is 0. The SMILES string of the molecule is CC(C)(C)OC(=O)NCc1ccc(F)cc1-c1ccncc1. The Hall–Kier alpha value is -2.43. The second-order valence-corrected chi connectivity index (χ2v) is 5.89. The largest absolute Gasteiger partial charge is 0.444 e. The van der Waals surface area contributed by atoms with Crippen molar-refractivity contribution in [2.45, 2.75) is 32.9 Å². The first-order valence-corrected chi connectivity index (χ1v) is 7.01. The van der Waals surface area contributed by atoms with E-state index in [0.717, 1.165) is 16.7 Å². The van der Waals surface area contributed by atoms with Crippen LogP contribution in [0.3, 0.4) is 0 Å². The molecule has 1 heterocycles. The highest BCUT2D eigenvalue weighted by molar-refractivity contribution is 5.70. The summed E-state index contributed by atoms with van der Waals surface area (Å²) in [6.07, 6.45) is 2.79. The maximum atomic E-state index is 13.5. The maximum Gasteiger partial charge on any atom is 0.407 e. The van der Waals surface area contributed by atoms with Crippen LogP contribution >= 0.6 is 0 Å². The molecule has 0 aliphatic rings. The molecular weight excluding hydrogens is 283 g/mol. The van der Waals surface area contributed by atoms with Crippen LogP contribution in [0, 0.1) is 5.82 Å². The summed E-state index contributed by atoms with van der Waals surface area (Å²) in [7, 11) is 0. The Morgan fingerprint density at radius 2 is 1.91 bits per heavy atom. The van der Waals surface area contributed by atoms with Gasteiger partial charge in [0.05, 0.1) is 0 Å². The Morgan fingerprint density at radius 1 is 1.23 bits per heavy atom. The van der Waals surface area contributed by atoms with E-state index in [9.17, 15) is 9.18 Å². The topological polar surface area (TPSA) is 51.2 Å². The normalized spacial score (nSPS) is 11.1. The number of nitrogens with one attached hydrogen (secondary N) is 1. The minimum absolute atomic E-state index is 0.257. The fourth-order valence-corrected chi connectivity index (χ4v) is 1.98. The number of aromatic nitrogens is 1. The highest BCUT2D eigenvalue weighted by atomic mass is 19.1. The van der Waals surface area contributed by atoms with E-state index in [0.29, 0.717) is 0 Å². The standard InChI is InChI=1S/C17H19FN2O2/c1-17(2,3)22-16(21)20-11-13-4-5-14(18)10-15(13)12-6-8-19-9-7-12/h4-10H,11H2,1-3H3,(H,20,21). The van der Waals surface area contributed by atoms with Crippen molar-refractivity contribution in [2.24, 2.45) is 0 Å². The number of alkyl carbamates (subject to hydrolysis) is 1.